The molecule has 114 valence electrons. The van der Waals surface area contributed by atoms with E-state index >= 15 is 0 Å². The molecule has 1 rings (SSSR count). The summed E-state index contributed by atoms with van der Waals surface area (Å²) in [5, 5.41) is 20.5. The zero-order valence-electron chi connectivity index (χ0n) is 11.2. The molecule has 0 radical (unpaired) electrons. The summed E-state index contributed by atoms with van der Waals surface area (Å²) in [6.07, 6.45) is -5.78. The van der Waals surface area contributed by atoms with Crippen molar-refractivity contribution in [3.05, 3.63) is 23.8 Å². The van der Waals surface area contributed by atoms with Crippen LogP contribution in [0.1, 0.15) is 19.4 Å². The standard InChI is InChI=1S/C13H18F3NO3/c1-8(2)20-12-4-9(13(14,15)16)3-10(5-12)17-6-11(19)7-18/h3-5,8,11,17-19H,6-7H2,1-2H3. The minimum Gasteiger partial charge on any atom is -0.491 e. The third-order valence-corrected chi connectivity index (χ3v) is 2.36. The van der Waals surface area contributed by atoms with Crippen LogP contribution < -0.4 is 10.1 Å². The van der Waals surface area contributed by atoms with Crippen molar-refractivity contribution in [1.29, 1.82) is 0 Å². The minimum absolute atomic E-state index is 0.0566. The lowest BCUT2D eigenvalue weighted by molar-refractivity contribution is -0.137. The van der Waals surface area contributed by atoms with Crippen LogP contribution in [0.3, 0.4) is 0 Å². The third kappa shape index (κ3) is 5.26. The molecular formula is C13H18F3NO3. The van der Waals surface area contributed by atoms with Crippen LogP contribution in [0, 0.1) is 0 Å². The highest BCUT2D eigenvalue weighted by molar-refractivity contribution is 5.52. The summed E-state index contributed by atoms with van der Waals surface area (Å²) in [6, 6.07) is 3.27. The maximum absolute atomic E-state index is 12.8. The number of hydrogen-bond acceptors (Lipinski definition) is 4. The van der Waals surface area contributed by atoms with Crippen LogP contribution in [-0.4, -0.2) is 35.6 Å². The van der Waals surface area contributed by atoms with Gasteiger partial charge in [0.25, 0.3) is 0 Å². The number of benzene rings is 1. The van der Waals surface area contributed by atoms with Crippen LogP contribution >= 0.6 is 0 Å². The number of anilines is 1. The van der Waals surface area contributed by atoms with E-state index in [4.69, 9.17) is 9.84 Å². The zero-order chi connectivity index (χ0) is 15.3. The molecule has 3 N–H and O–H groups in total. The minimum atomic E-state index is -4.48. The molecule has 1 aromatic carbocycles. The molecule has 20 heavy (non-hydrogen) atoms. The van der Waals surface area contributed by atoms with Crippen LogP contribution in [0.4, 0.5) is 18.9 Å². The summed E-state index contributed by atoms with van der Waals surface area (Å²) < 4.78 is 43.6. The van der Waals surface area contributed by atoms with Gasteiger partial charge >= 0.3 is 6.18 Å². The Morgan fingerprint density at radius 1 is 1.25 bits per heavy atom. The molecule has 0 aromatic heterocycles. The fourth-order valence-corrected chi connectivity index (χ4v) is 1.51. The van der Waals surface area contributed by atoms with Gasteiger partial charge in [0.1, 0.15) is 5.75 Å². The Balaban J connectivity index is 2.97. The van der Waals surface area contributed by atoms with Crippen molar-refractivity contribution in [2.45, 2.75) is 32.2 Å². The molecule has 0 saturated carbocycles. The van der Waals surface area contributed by atoms with Gasteiger partial charge in [0.05, 0.1) is 24.4 Å². The average Bonchev–Trinajstić information content (AvgIpc) is 2.33. The Kier molecular flexibility index (Phi) is 5.64. The number of aliphatic hydroxyl groups is 2. The molecule has 0 bridgehead atoms. The average molecular weight is 293 g/mol. The van der Waals surface area contributed by atoms with Crippen LogP contribution in [0.25, 0.3) is 0 Å². The van der Waals surface area contributed by atoms with Crippen molar-refractivity contribution in [3.8, 4) is 5.75 Å². The second-order valence-electron chi connectivity index (χ2n) is 4.63. The predicted octanol–water partition coefficient (Wildman–Crippen LogP) is 2.26. The quantitative estimate of drug-likeness (QED) is 0.753. The summed E-state index contributed by atoms with van der Waals surface area (Å²) in [7, 11) is 0. The molecule has 0 heterocycles. The second kappa shape index (κ2) is 6.81. The van der Waals surface area contributed by atoms with Crippen molar-refractivity contribution in [1.82, 2.24) is 0 Å². The monoisotopic (exact) mass is 293 g/mol. The smallest absolute Gasteiger partial charge is 0.416 e. The lowest BCUT2D eigenvalue weighted by Crippen LogP contribution is -2.23. The van der Waals surface area contributed by atoms with Gasteiger partial charge in [0.15, 0.2) is 0 Å². The molecule has 1 unspecified atom stereocenters. The van der Waals surface area contributed by atoms with Gasteiger partial charge in [-0.05, 0) is 26.0 Å². The summed E-state index contributed by atoms with van der Waals surface area (Å²) in [5.41, 5.74) is -0.667. The molecule has 0 aliphatic carbocycles. The van der Waals surface area contributed by atoms with E-state index in [0.717, 1.165) is 12.1 Å². The number of hydrogen-bond donors (Lipinski definition) is 3. The molecule has 1 aromatic rings. The summed E-state index contributed by atoms with van der Waals surface area (Å²) >= 11 is 0. The molecular weight excluding hydrogens is 275 g/mol. The number of aliphatic hydroxyl groups excluding tert-OH is 2. The topological polar surface area (TPSA) is 61.7 Å². The van der Waals surface area contributed by atoms with E-state index in [9.17, 15) is 18.3 Å². The van der Waals surface area contributed by atoms with Crippen LogP contribution in [0.15, 0.2) is 18.2 Å². The molecule has 0 spiro atoms. The van der Waals surface area contributed by atoms with Crippen LogP contribution in [-0.2, 0) is 6.18 Å². The Labute approximate surface area is 115 Å². The SMILES string of the molecule is CC(C)Oc1cc(NCC(O)CO)cc(C(F)(F)F)c1. The van der Waals surface area contributed by atoms with Gasteiger partial charge in [-0.1, -0.05) is 0 Å². The predicted molar refractivity (Wildman–Crippen MR) is 68.8 cm³/mol. The highest BCUT2D eigenvalue weighted by Gasteiger charge is 2.31. The van der Waals surface area contributed by atoms with Gasteiger partial charge in [-0.15, -0.1) is 0 Å². The van der Waals surface area contributed by atoms with Gasteiger partial charge in [0.2, 0.25) is 0 Å². The highest BCUT2D eigenvalue weighted by atomic mass is 19.4. The number of nitrogens with one attached hydrogen (secondary N) is 1. The van der Waals surface area contributed by atoms with Crippen molar-refractivity contribution in [3.63, 3.8) is 0 Å². The summed E-state index contributed by atoms with van der Waals surface area (Å²) in [6.45, 7) is 2.89. The zero-order valence-corrected chi connectivity index (χ0v) is 11.2. The molecule has 0 aliphatic rings. The van der Waals surface area contributed by atoms with E-state index in [1.807, 2.05) is 0 Å². The van der Waals surface area contributed by atoms with E-state index in [0.29, 0.717) is 0 Å². The Bertz CT molecular complexity index is 435. The Morgan fingerprint density at radius 2 is 1.90 bits per heavy atom. The fraction of sp³-hybridized carbons (Fsp3) is 0.538. The highest BCUT2D eigenvalue weighted by Crippen LogP contribution is 2.34. The van der Waals surface area contributed by atoms with Crippen molar-refractivity contribution >= 4 is 5.69 Å². The van der Waals surface area contributed by atoms with Crippen molar-refractivity contribution in [2.75, 3.05) is 18.5 Å². The van der Waals surface area contributed by atoms with Gasteiger partial charge in [-0.3, -0.25) is 0 Å². The Hall–Kier alpha value is -1.47. The number of alkyl halides is 3. The molecule has 0 aliphatic heterocycles. The molecule has 0 amide bonds. The maximum atomic E-state index is 12.8. The fourth-order valence-electron chi connectivity index (χ4n) is 1.51. The van der Waals surface area contributed by atoms with E-state index in [1.54, 1.807) is 13.8 Å². The first-order chi connectivity index (χ1) is 9.22. The van der Waals surface area contributed by atoms with E-state index in [-0.39, 0.29) is 24.1 Å². The van der Waals surface area contributed by atoms with Crippen molar-refractivity contribution < 1.29 is 28.1 Å². The first-order valence-corrected chi connectivity index (χ1v) is 6.14. The van der Waals surface area contributed by atoms with E-state index < -0.39 is 24.5 Å². The van der Waals surface area contributed by atoms with E-state index in [1.165, 1.54) is 6.07 Å². The van der Waals surface area contributed by atoms with E-state index in [2.05, 4.69) is 5.32 Å². The first kappa shape index (κ1) is 16.6. The number of ether oxygens (including phenoxy) is 1. The third-order valence-electron chi connectivity index (χ3n) is 2.36. The Morgan fingerprint density at radius 3 is 2.40 bits per heavy atom. The lowest BCUT2D eigenvalue weighted by atomic mass is 10.1. The van der Waals surface area contributed by atoms with Crippen LogP contribution in [0.5, 0.6) is 5.75 Å². The molecule has 4 nitrogen and oxygen atoms in total. The lowest BCUT2D eigenvalue weighted by Gasteiger charge is -2.16. The molecule has 0 fully saturated rings. The number of halogens is 3. The first-order valence-electron chi connectivity index (χ1n) is 6.14. The van der Waals surface area contributed by atoms with Crippen molar-refractivity contribution in [2.24, 2.45) is 0 Å². The summed E-state index contributed by atoms with van der Waals surface area (Å²) in [4.78, 5) is 0. The largest absolute Gasteiger partial charge is 0.491 e. The van der Waals surface area contributed by atoms with Gasteiger partial charge in [-0.25, -0.2) is 0 Å². The van der Waals surface area contributed by atoms with Gasteiger partial charge in [0, 0.05) is 18.3 Å². The molecule has 0 saturated heterocycles. The van der Waals surface area contributed by atoms with Crippen LogP contribution in [0.2, 0.25) is 0 Å². The van der Waals surface area contributed by atoms with Gasteiger partial charge < -0.3 is 20.3 Å². The summed E-state index contributed by atoms with van der Waals surface area (Å²) in [5.74, 6) is 0.0933. The maximum Gasteiger partial charge on any atom is 0.416 e. The molecule has 1 atom stereocenters. The van der Waals surface area contributed by atoms with Gasteiger partial charge in [-0.2, -0.15) is 13.2 Å². The molecule has 7 heteroatoms. The number of rotatable bonds is 6. The normalized spacial score (nSPS) is 13.4. The second-order valence-corrected chi connectivity index (χ2v) is 4.63.